The number of hydrogen-bond donors (Lipinski definition) is 0. The predicted molar refractivity (Wildman–Crippen MR) is 66.3 cm³/mol. The van der Waals surface area contributed by atoms with Gasteiger partial charge in [0.05, 0.1) is 17.2 Å². The number of alkyl halides is 3. The van der Waals surface area contributed by atoms with Gasteiger partial charge in [0.15, 0.2) is 0 Å². The molecule has 0 bridgehead atoms. The summed E-state index contributed by atoms with van der Waals surface area (Å²) in [6, 6.07) is 12.1. The molecule has 0 unspecified atom stereocenters. The minimum atomic E-state index is -4.39. The summed E-state index contributed by atoms with van der Waals surface area (Å²) in [5.41, 5.74) is 1.05. The predicted octanol–water partition coefficient (Wildman–Crippen LogP) is 4.55. The van der Waals surface area contributed by atoms with Gasteiger partial charge in [-0.3, -0.25) is 0 Å². The van der Waals surface area contributed by atoms with Gasteiger partial charge >= 0.3 is 6.18 Å². The molecular formula is C15H10F3N. The Morgan fingerprint density at radius 3 is 2.26 bits per heavy atom. The van der Waals surface area contributed by atoms with Crippen molar-refractivity contribution in [3.05, 3.63) is 59.2 Å². The van der Waals surface area contributed by atoms with Crippen molar-refractivity contribution in [1.29, 1.82) is 5.26 Å². The fraction of sp³-hybridized carbons (Fsp3) is 0.133. The van der Waals surface area contributed by atoms with Crippen molar-refractivity contribution in [1.82, 2.24) is 0 Å². The summed E-state index contributed by atoms with van der Waals surface area (Å²) in [4.78, 5) is 0. The van der Waals surface area contributed by atoms with Crippen LogP contribution in [0.4, 0.5) is 13.2 Å². The third-order valence-corrected chi connectivity index (χ3v) is 2.88. The van der Waals surface area contributed by atoms with E-state index in [1.165, 1.54) is 18.2 Å². The van der Waals surface area contributed by atoms with E-state index in [0.29, 0.717) is 16.7 Å². The van der Waals surface area contributed by atoms with Gasteiger partial charge in [-0.05, 0) is 41.8 Å². The van der Waals surface area contributed by atoms with E-state index in [4.69, 9.17) is 5.26 Å². The molecule has 0 aliphatic heterocycles. The van der Waals surface area contributed by atoms with Crippen LogP contribution in [0.25, 0.3) is 11.1 Å². The largest absolute Gasteiger partial charge is 0.417 e. The molecule has 0 aliphatic carbocycles. The second-order valence-corrected chi connectivity index (χ2v) is 4.18. The standard InChI is InChI=1S/C15H10F3N/c1-10-8-11(9-19)6-7-12(10)13-4-2-3-5-14(13)15(16,17)18/h2-8H,1H3. The van der Waals surface area contributed by atoms with E-state index >= 15 is 0 Å². The Balaban J connectivity index is 2.64. The molecular weight excluding hydrogens is 251 g/mol. The summed E-state index contributed by atoms with van der Waals surface area (Å²) in [7, 11) is 0. The van der Waals surface area contributed by atoms with Gasteiger partial charge in [-0.15, -0.1) is 0 Å². The Hall–Kier alpha value is -2.28. The second-order valence-electron chi connectivity index (χ2n) is 4.18. The Morgan fingerprint density at radius 2 is 1.68 bits per heavy atom. The minimum Gasteiger partial charge on any atom is -0.192 e. The van der Waals surface area contributed by atoms with Gasteiger partial charge < -0.3 is 0 Å². The van der Waals surface area contributed by atoms with Crippen LogP contribution in [0, 0.1) is 18.3 Å². The van der Waals surface area contributed by atoms with E-state index < -0.39 is 11.7 Å². The Labute approximate surface area is 108 Å². The van der Waals surface area contributed by atoms with Crippen molar-refractivity contribution in [3.8, 4) is 17.2 Å². The highest BCUT2D eigenvalue weighted by molar-refractivity contribution is 5.71. The first-order valence-corrected chi connectivity index (χ1v) is 5.61. The van der Waals surface area contributed by atoms with E-state index in [2.05, 4.69) is 0 Å². The van der Waals surface area contributed by atoms with Gasteiger partial charge in [0, 0.05) is 0 Å². The summed E-state index contributed by atoms with van der Waals surface area (Å²) in [6.07, 6.45) is -4.39. The van der Waals surface area contributed by atoms with Crippen LogP contribution < -0.4 is 0 Å². The molecule has 2 aromatic rings. The number of hydrogen-bond acceptors (Lipinski definition) is 1. The van der Waals surface area contributed by atoms with Crippen molar-refractivity contribution in [2.75, 3.05) is 0 Å². The van der Waals surface area contributed by atoms with Gasteiger partial charge in [0.25, 0.3) is 0 Å². The molecule has 0 aliphatic rings. The number of nitriles is 1. The second kappa shape index (κ2) is 4.77. The monoisotopic (exact) mass is 261 g/mol. The van der Waals surface area contributed by atoms with E-state index in [9.17, 15) is 13.2 Å². The maximum Gasteiger partial charge on any atom is 0.417 e. The molecule has 4 heteroatoms. The SMILES string of the molecule is Cc1cc(C#N)ccc1-c1ccccc1C(F)(F)F. The van der Waals surface area contributed by atoms with Gasteiger partial charge in [-0.25, -0.2) is 0 Å². The van der Waals surface area contributed by atoms with Crippen LogP contribution in [-0.4, -0.2) is 0 Å². The highest BCUT2D eigenvalue weighted by Crippen LogP contribution is 2.37. The minimum absolute atomic E-state index is 0.136. The maximum atomic E-state index is 13.0. The fourth-order valence-electron chi connectivity index (χ4n) is 2.00. The highest BCUT2D eigenvalue weighted by Gasteiger charge is 2.33. The van der Waals surface area contributed by atoms with Crippen molar-refractivity contribution >= 4 is 0 Å². The highest BCUT2D eigenvalue weighted by atomic mass is 19.4. The first kappa shape index (κ1) is 13.2. The number of aryl methyl sites for hydroxylation is 1. The molecule has 0 fully saturated rings. The topological polar surface area (TPSA) is 23.8 Å². The maximum absolute atomic E-state index is 13.0. The first-order valence-electron chi connectivity index (χ1n) is 5.61. The summed E-state index contributed by atoms with van der Waals surface area (Å²) in [6.45, 7) is 1.70. The van der Waals surface area contributed by atoms with Crippen LogP contribution in [0.2, 0.25) is 0 Å². The number of halogens is 3. The zero-order chi connectivity index (χ0) is 14.0. The molecule has 0 amide bonds. The first-order chi connectivity index (χ1) is 8.93. The smallest absolute Gasteiger partial charge is 0.192 e. The Morgan fingerprint density at radius 1 is 1.00 bits per heavy atom. The van der Waals surface area contributed by atoms with Gasteiger partial charge in [-0.1, -0.05) is 24.3 Å². The zero-order valence-electron chi connectivity index (χ0n) is 10.1. The third kappa shape index (κ3) is 2.60. The summed E-state index contributed by atoms with van der Waals surface area (Å²) < 4.78 is 38.9. The van der Waals surface area contributed by atoms with Crippen LogP contribution in [0.15, 0.2) is 42.5 Å². The molecule has 2 rings (SSSR count). The lowest BCUT2D eigenvalue weighted by molar-refractivity contribution is -0.137. The molecule has 0 aromatic heterocycles. The molecule has 96 valence electrons. The number of benzene rings is 2. The van der Waals surface area contributed by atoms with Crippen LogP contribution in [-0.2, 0) is 6.18 Å². The Bertz CT molecular complexity index is 651. The lowest BCUT2D eigenvalue weighted by Gasteiger charge is -2.14. The van der Waals surface area contributed by atoms with Crippen LogP contribution in [0.5, 0.6) is 0 Å². The Kier molecular flexibility index (Phi) is 3.30. The molecule has 2 aromatic carbocycles. The van der Waals surface area contributed by atoms with Gasteiger partial charge in [0.2, 0.25) is 0 Å². The van der Waals surface area contributed by atoms with E-state index in [0.717, 1.165) is 6.07 Å². The van der Waals surface area contributed by atoms with E-state index in [1.54, 1.807) is 25.1 Å². The molecule has 0 radical (unpaired) electrons. The molecule has 0 saturated carbocycles. The van der Waals surface area contributed by atoms with Crippen molar-refractivity contribution in [3.63, 3.8) is 0 Å². The summed E-state index contributed by atoms with van der Waals surface area (Å²) >= 11 is 0. The molecule has 1 nitrogen and oxygen atoms in total. The lowest BCUT2D eigenvalue weighted by atomic mass is 9.94. The summed E-state index contributed by atoms with van der Waals surface area (Å²) in [5, 5.41) is 8.78. The molecule has 0 N–H and O–H groups in total. The quantitative estimate of drug-likeness (QED) is 0.738. The number of rotatable bonds is 1. The van der Waals surface area contributed by atoms with Crippen LogP contribution in [0.1, 0.15) is 16.7 Å². The van der Waals surface area contributed by atoms with E-state index in [1.807, 2.05) is 6.07 Å². The third-order valence-electron chi connectivity index (χ3n) is 2.88. The van der Waals surface area contributed by atoms with Crippen molar-refractivity contribution in [2.24, 2.45) is 0 Å². The molecule has 0 atom stereocenters. The van der Waals surface area contributed by atoms with Crippen molar-refractivity contribution in [2.45, 2.75) is 13.1 Å². The average molecular weight is 261 g/mol. The normalized spacial score (nSPS) is 11.1. The average Bonchev–Trinajstić information content (AvgIpc) is 2.37. The van der Waals surface area contributed by atoms with Gasteiger partial charge in [0.1, 0.15) is 0 Å². The van der Waals surface area contributed by atoms with Crippen LogP contribution >= 0.6 is 0 Å². The number of nitrogens with zero attached hydrogens (tertiary/aromatic N) is 1. The van der Waals surface area contributed by atoms with Gasteiger partial charge in [-0.2, -0.15) is 18.4 Å². The zero-order valence-corrected chi connectivity index (χ0v) is 10.1. The lowest BCUT2D eigenvalue weighted by Crippen LogP contribution is -2.07. The molecule has 0 heterocycles. The van der Waals surface area contributed by atoms with Crippen LogP contribution in [0.3, 0.4) is 0 Å². The fourth-order valence-corrected chi connectivity index (χ4v) is 2.00. The molecule has 19 heavy (non-hydrogen) atoms. The summed E-state index contributed by atoms with van der Waals surface area (Å²) in [5.74, 6) is 0. The molecule has 0 saturated heterocycles. The van der Waals surface area contributed by atoms with Crippen molar-refractivity contribution < 1.29 is 13.2 Å². The van der Waals surface area contributed by atoms with E-state index in [-0.39, 0.29) is 5.56 Å². The molecule has 0 spiro atoms.